The van der Waals surface area contributed by atoms with Crippen molar-refractivity contribution in [3.05, 3.63) is 64.7 Å². The van der Waals surface area contributed by atoms with Crippen molar-refractivity contribution in [2.45, 2.75) is 26.4 Å². The summed E-state index contributed by atoms with van der Waals surface area (Å²) < 4.78 is 10.8. The Kier molecular flexibility index (Phi) is 5.77. The molecule has 0 saturated heterocycles. The Hall–Kier alpha value is -2.33. The van der Waals surface area contributed by atoms with Gasteiger partial charge in [-0.1, -0.05) is 30.7 Å². The highest BCUT2D eigenvalue weighted by Gasteiger charge is 2.12. The smallest absolute Gasteiger partial charge is 0.338 e. The molecule has 4 nitrogen and oxygen atoms in total. The summed E-state index contributed by atoms with van der Waals surface area (Å²) in [6.07, 6.45) is 0. The second kappa shape index (κ2) is 7.79. The molecule has 23 heavy (non-hydrogen) atoms. The Morgan fingerprint density at radius 1 is 1.17 bits per heavy atom. The standard InChI is InChI=1S/C19H23NO3/c1-13-4-6-15(7-5-13)19(21)23-12-17-10-16(14(2)11-20)8-9-18(17)22-3/h4-10,14H,11-12,20H2,1-3H3. The van der Waals surface area contributed by atoms with Crippen LogP contribution in [0.4, 0.5) is 0 Å². The third kappa shape index (κ3) is 4.33. The number of rotatable bonds is 6. The first-order valence-corrected chi connectivity index (χ1v) is 7.65. The Balaban J connectivity index is 2.12. The largest absolute Gasteiger partial charge is 0.496 e. The van der Waals surface area contributed by atoms with Gasteiger partial charge in [0.2, 0.25) is 0 Å². The van der Waals surface area contributed by atoms with Crippen molar-refractivity contribution in [1.82, 2.24) is 0 Å². The summed E-state index contributed by atoms with van der Waals surface area (Å²) in [5, 5.41) is 0. The molecule has 4 heteroatoms. The first-order chi connectivity index (χ1) is 11.0. The average Bonchev–Trinajstić information content (AvgIpc) is 2.59. The predicted octanol–water partition coefficient (Wildman–Crippen LogP) is 3.42. The molecular formula is C19H23NO3. The zero-order valence-electron chi connectivity index (χ0n) is 13.8. The summed E-state index contributed by atoms with van der Waals surface area (Å²) >= 11 is 0. The van der Waals surface area contributed by atoms with E-state index in [1.807, 2.05) is 37.3 Å². The van der Waals surface area contributed by atoms with E-state index < -0.39 is 0 Å². The highest BCUT2D eigenvalue weighted by Crippen LogP contribution is 2.25. The number of esters is 1. The Labute approximate surface area is 137 Å². The lowest BCUT2D eigenvalue weighted by molar-refractivity contribution is 0.0470. The van der Waals surface area contributed by atoms with Crippen molar-refractivity contribution in [1.29, 1.82) is 0 Å². The fourth-order valence-corrected chi connectivity index (χ4v) is 2.27. The molecular weight excluding hydrogens is 290 g/mol. The van der Waals surface area contributed by atoms with E-state index in [1.54, 1.807) is 19.2 Å². The van der Waals surface area contributed by atoms with Crippen LogP contribution in [-0.2, 0) is 11.3 Å². The number of methoxy groups -OCH3 is 1. The fourth-order valence-electron chi connectivity index (χ4n) is 2.27. The lowest BCUT2D eigenvalue weighted by atomic mass is 9.99. The van der Waals surface area contributed by atoms with Gasteiger partial charge in [0.25, 0.3) is 0 Å². The molecule has 0 aromatic heterocycles. The van der Waals surface area contributed by atoms with Gasteiger partial charge in [0.05, 0.1) is 12.7 Å². The third-order valence-electron chi connectivity index (χ3n) is 3.87. The van der Waals surface area contributed by atoms with Crippen molar-refractivity contribution in [3.63, 3.8) is 0 Å². The number of ether oxygens (including phenoxy) is 2. The molecule has 1 unspecified atom stereocenters. The molecule has 0 fully saturated rings. The van der Waals surface area contributed by atoms with E-state index in [0.717, 1.165) is 16.7 Å². The molecule has 122 valence electrons. The molecule has 2 rings (SSSR count). The predicted molar refractivity (Wildman–Crippen MR) is 90.8 cm³/mol. The van der Waals surface area contributed by atoms with Gasteiger partial charge >= 0.3 is 5.97 Å². The van der Waals surface area contributed by atoms with E-state index in [4.69, 9.17) is 15.2 Å². The third-order valence-corrected chi connectivity index (χ3v) is 3.87. The molecule has 2 aromatic rings. The van der Waals surface area contributed by atoms with Crippen LogP contribution in [0.15, 0.2) is 42.5 Å². The molecule has 0 amide bonds. The zero-order valence-corrected chi connectivity index (χ0v) is 13.8. The van der Waals surface area contributed by atoms with Crippen molar-refractivity contribution in [3.8, 4) is 5.75 Å². The van der Waals surface area contributed by atoms with Gasteiger partial charge in [0.15, 0.2) is 0 Å². The van der Waals surface area contributed by atoms with Gasteiger partial charge in [0, 0.05) is 5.56 Å². The maximum absolute atomic E-state index is 12.1. The summed E-state index contributed by atoms with van der Waals surface area (Å²) in [7, 11) is 1.60. The van der Waals surface area contributed by atoms with Gasteiger partial charge in [-0.15, -0.1) is 0 Å². The van der Waals surface area contributed by atoms with Crippen LogP contribution in [0.1, 0.15) is 39.9 Å². The summed E-state index contributed by atoms with van der Waals surface area (Å²) in [5.41, 5.74) is 9.31. The molecule has 0 aliphatic carbocycles. The first-order valence-electron chi connectivity index (χ1n) is 7.65. The minimum absolute atomic E-state index is 0.168. The SMILES string of the molecule is COc1ccc(C(C)CN)cc1COC(=O)c1ccc(C)cc1. The molecule has 2 N–H and O–H groups in total. The Bertz CT molecular complexity index is 665. The van der Waals surface area contributed by atoms with Gasteiger partial charge in [-0.05, 0) is 49.2 Å². The van der Waals surface area contributed by atoms with Crippen LogP contribution < -0.4 is 10.5 Å². The van der Waals surface area contributed by atoms with E-state index in [2.05, 4.69) is 6.92 Å². The van der Waals surface area contributed by atoms with E-state index in [0.29, 0.717) is 17.9 Å². The fraction of sp³-hybridized carbons (Fsp3) is 0.316. The summed E-state index contributed by atoms with van der Waals surface area (Å²) in [6, 6.07) is 13.2. The number of hydrogen-bond acceptors (Lipinski definition) is 4. The number of nitrogens with two attached hydrogens (primary N) is 1. The van der Waals surface area contributed by atoms with E-state index in [9.17, 15) is 4.79 Å². The van der Waals surface area contributed by atoms with Gasteiger partial charge in [-0.3, -0.25) is 0 Å². The van der Waals surface area contributed by atoms with Crippen LogP contribution in [0.3, 0.4) is 0 Å². The van der Waals surface area contributed by atoms with E-state index in [-0.39, 0.29) is 18.5 Å². The van der Waals surface area contributed by atoms with Gasteiger partial charge in [0.1, 0.15) is 12.4 Å². The lowest BCUT2D eigenvalue weighted by Gasteiger charge is -2.14. The minimum Gasteiger partial charge on any atom is -0.496 e. The molecule has 1 atom stereocenters. The van der Waals surface area contributed by atoms with Crippen LogP contribution in [0, 0.1) is 6.92 Å². The van der Waals surface area contributed by atoms with Crippen molar-refractivity contribution < 1.29 is 14.3 Å². The van der Waals surface area contributed by atoms with Crippen molar-refractivity contribution in [2.24, 2.45) is 5.73 Å². The second-order valence-electron chi connectivity index (χ2n) is 5.65. The minimum atomic E-state index is -0.343. The van der Waals surface area contributed by atoms with Crippen LogP contribution in [0.25, 0.3) is 0 Å². The highest BCUT2D eigenvalue weighted by atomic mass is 16.5. The summed E-state index contributed by atoms with van der Waals surface area (Å²) in [4.78, 5) is 12.1. The van der Waals surface area contributed by atoms with Gasteiger partial charge in [-0.25, -0.2) is 4.79 Å². The number of hydrogen-bond donors (Lipinski definition) is 1. The molecule has 0 saturated carbocycles. The van der Waals surface area contributed by atoms with Crippen LogP contribution in [0.5, 0.6) is 5.75 Å². The summed E-state index contributed by atoms with van der Waals surface area (Å²) in [6.45, 7) is 4.77. The van der Waals surface area contributed by atoms with Crippen LogP contribution in [-0.4, -0.2) is 19.6 Å². The Morgan fingerprint density at radius 2 is 1.87 bits per heavy atom. The highest BCUT2D eigenvalue weighted by molar-refractivity contribution is 5.89. The number of carbonyl (C=O) groups excluding carboxylic acids is 1. The monoisotopic (exact) mass is 313 g/mol. The van der Waals surface area contributed by atoms with Crippen LogP contribution >= 0.6 is 0 Å². The lowest BCUT2D eigenvalue weighted by Crippen LogP contribution is -2.10. The van der Waals surface area contributed by atoms with E-state index in [1.165, 1.54) is 0 Å². The first kappa shape index (κ1) is 17.0. The maximum atomic E-state index is 12.1. The molecule has 0 spiro atoms. The number of benzene rings is 2. The normalized spacial score (nSPS) is 11.8. The molecule has 2 aromatic carbocycles. The number of carbonyl (C=O) groups is 1. The number of aryl methyl sites for hydroxylation is 1. The average molecular weight is 313 g/mol. The summed E-state index contributed by atoms with van der Waals surface area (Å²) in [5.74, 6) is 0.603. The molecule has 0 heterocycles. The molecule has 0 bridgehead atoms. The van der Waals surface area contributed by atoms with E-state index >= 15 is 0 Å². The molecule has 0 aliphatic rings. The molecule has 0 aliphatic heterocycles. The quantitative estimate of drug-likeness (QED) is 0.830. The zero-order chi connectivity index (χ0) is 16.8. The maximum Gasteiger partial charge on any atom is 0.338 e. The van der Waals surface area contributed by atoms with Crippen molar-refractivity contribution >= 4 is 5.97 Å². The van der Waals surface area contributed by atoms with Gasteiger partial charge < -0.3 is 15.2 Å². The second-order valence-corrected chi connectivity index (χ2v) is 5.65. The molecule has 0 radical (unpaired) electrons. The van der Waals surface area contributed by atoms with Crippen molar-refractivity contribution in [2.75, 3.05) is 13.7 Å². The van der Waals surface area contributed by atoms with Gasteiger partial charge in [-0.2, -0.15) is 0 Å². The topological polar surface area (TPSA) is 61.6 Å². The Morgan fingerprint density at radius 3 is 2.48 bits per heavy atom. The van der Waals surface area contributed by atoms with Crippen LogP contribution in [0.2, 0.25) is 0 Å².